The number of nitrogens with zero attached hydrogens (tertiary/aromatic N) is 4. The molecule has 74 valence electrons. The third kappa shape index (κ3) is 1.94. The lowest BCUT2D eigenvalue weighted by Gasteiger charge is -2.04. The van der Waals surface area contributed by atoms with E-state index >= 15 is 0 Å². The number of aliphatic hydroxyl groups excluding tert-OH is 1. The fraction of sp³-hybridized carbons (Fsp3) is 0.429. The van der Waals surface area contributed by atoms with Crippen molar-refractivity contribution in [2.24, 2.45) is 0 Å². The van der Waals surface area contributed by atoms with Crippen molar-refractivity contribution in [3.63, 3.8) is 0 Å². The Morgan fingerprint density at radius 1 is 1.57 bits per heavy atom. The molecule has 2 heterocycles. The summed E-state index contributed by atoms with van der Waals surface area (Å²) < 4.78 is 11.7. The first-order valence-corrected chi connectivity index (χ1v) is 5.51. The van der Waals surface area contributed by atoms with E-state index in [0.717, 1.165) is 28.0 Å². The molecule has 0 radical (unpaired) electrons. The smallest absolute Gasteiger partial charge is 0.0973 e. The van der Waals surface area contributed by atoms with Crippen molar-refractivity contribution in [3.05, 3.63) is 22.5 Å². The molecule has 0 saturated carbocycles. The lowest BCUT2D eigenvalue weighted by molar-refractivity contribution is 0.180. The van der Waals surface area contributed by atoms with E-state index in [1.165, 1.54) is 11.5 Å². The van der Waals surface area contributed by atoms with E-state index in [1.807, 2.05) is 6.92 Å². The summed E-state index contributed by atoms with van der Waals surface area (Å²) in [6, 6.07) is 0. The predicted molar refractivity (Wildman–Crippen MR) is 53.2 cm³/mol. The molecule has 2 aromatic rings. The molecule has 0 fully saturated rings. The Hall–Kier alpha value is -0.920. The Balaban J connectivity index is 2.10. The molecule has 1 N–H and O–H groups in total. The summed E-state index contributed by atoms with van der Waals surface area (Å²) in [5, 5.41) is 13.7. The first-order chi connectivity index (χ1) is 6.77. The van der Waals surface area contributed by atoms with Crippen LogP contribution in [0.2, 0.25) is 0 Å². The molecule has 1 unspecified atom stereocenters. The van der Waals surface area contributed by atoms with Crippen molar-refractivity contribution in [2.45, 2.75) is 19.4 Å². The van der Waals surface area contributed by atoms with Crippen LogP contribution in [0.25, 0.3) is 0 Å². The van der Waals surface area contributed by atoms with Crippen LogP contribution in [0.1, 0.15) is 22.4 Å². The number of rotatable bonds is 3. The second-order valence-electron chi connectivity index (χ2n) is 2.84. The van der Waals surface area contributed by atoms with E-state index in [4.69, 9.17) is 0 Å². The van der Waals surface area contributed by atoms with Crippen LogP contribution in [-0.2, 0) is 6.42 Å². The van der Waals surface area contributed by atoms with Gasteiger partial charge in [-0.15, -0.1) is 5.10 Å². The third-order valence-electron chi connectivity index (χ3n) is 1.80. The molecular weight excluding hydrogens is 220 g/mol. The topological polar surface area (TPSA) is 71.8 Å². The molecule has 0 aliphatic rings. The molecule has 5 nitrogen and oxygen atoms in total. The number of aryl methyl sites for hydroxylation is 1. The molecule has 0 amide bonds. The summed E-state index contributed by atoms with van der Waals surface area (Å²) in [5.41, 5.74) is 1.58. The molecule has 14 heavy (non-hydrogen) atoms. The fourth-order valence-electron chi connectivity index (χ4n) is 1.11. The molecule has 0 aliphatic heterocycles. The second kappa shape index (κ2) is 4.07. The minimum Gasteiger partial charge on any atom is -0.387 e. The van der Waals surface area contributed by atoms with Crippen LogP contribution < -0.4 is 0 Å². The van der Waals surface area contributed by atoms with Crippen LogP contribution in [0.5, 0.6) is 0 Å². The zero-order chi connectivity index (χ0) is 9.97. The average molecular weight is 228 g/mol. The highest BCUT2D eigenvalue weighted by molar-refractivity contribution is 7.05. The number of hydrogen-bond acceptors (Lipinski definition) is 7. The number of hydrogen-bond donors (Lipinski definition) is 1. The molecule has 0 spiro atoms. The molecule has 7 heteroatoms. The monoisotopic (exact) mass is 228 g/mol. The van der Waals surface area contributed by atoms with Crippen LogP contribution in [0.4, 0.5) is 0 Å². The maximum atomic E-state index is 9.83. The normalized spacial score (nSPS) is 13.0. The van der Waals surface area contributed by atoms with Crippen molar-refractivity contribution in [2.75, 3.05) is 0 Å². The second-order valence-corrected chi connectivity index (χ2v) is 4.18. The minimum absolute atomic E-state index is 0.473. The maximum absolute atomic E-state index is 9.83. The van der Waals surface area contributed by atoms with Crippen LogP contribution >= 0.6 is 23.3 Å². The predicted octanol–water partition coefficient (Wildman–Crippen LogP) is 0.974. The highest BCUT2D eigenvalue weighted by Crippen LogP contribution is 2.22. The van der Waals surface area contributed by atoms with E-state index in [9.17, 15) is 5.11 Å². The molecule has 0 aliphatic carbocycles. The van der Waals surface area contributed by atoms with Crippen molar-refractivity contribution in [1.82, 2.24) is 18.3 Å². The van der Waals surface area contributed by atoms with E-state index in [-0.39, 0.29) is 0 Å². The maximum Gasteiger partial charge on any atom is 0.0973 e. The number of aliphatic hydroxyl groups is 1. The van der Waals surface area contributed by atoms with Gasteiger partial charge in [0.1, 0.15) is 0 Å². The summed E-state index contributed by atoms with van der Waals surface area (Å²) in [7, 11) is 0. The van der Waals surface area contributed by atoms with Gasteiger partial charge in [0, 0.05) is 6.42 Å². The molecule has 1 atom stereocenters. The summed E-state index contributed by atoms with van der Waals surface area (Å²) in [4.78, 5) is 0.804. The van der Waals surface area contributed by atoms with Gasteiger partial charge in [0.2, 0.25) is 0 Å². The standard InChI is InChI=1S/C7H8N4OS2/c1-4-7(13-11-9-4)6(12)2-5-3-8-14-10-5/h3,6,12H,2H2,1H3. The van der Waals surface area contributed by atoms with Gasteiger partial charge in [-0.1, -0.05) is 4.49 Å². The Kier molecular flexibility index (Phi) is 2.80. The Bertz CT molecular complexity index is 399. The van der Waals surface area contributed by atoms with Gasteiger partial charge in [0.25, 0.3) is 0 Å². The zero-order valence-corrected chi connectivity index (χ0v) is 9.05. The van der Waals surface area contributed by atoms with Crippen molar-refractivity contribution >= 4 is 23.3 Å². The van der Waals surface area contributed by atoms with Crippen molar-refractivity contribution < 1.29 is 5.11 Å². The van der Waals surface area contributed by atoms with Gasteiger partial charge < -0.3 is 5.11 Å². The minimum atomic E-state index is -0.570. The quantitative estimate of drug-likeness (QED) is 0.847. The average Bonchev–Trinajstić information content (AvgIpc) is 2.75. The van der Waals surface area contributed by atoms with Gasteiger partial charge in [-0.2, -0.15) is 8.75 Å². The molecule has 0 saturated heterocycles. The summed E-state index contributed by atoms with van der Waals surface area (Å²) in [5.74, 6) is 0. The SMILES string of the molecule is Cc1nnsc1C(O)Cc1cnsn1. The van der Waals surface area contributed by atoms with E-state index in [2.05, 4.69) is 18.3 Å². The van der Waals surface area contributed by atoms with Crippen LogP contribution in [0.3, 0.4) is 0 Å². The Morgan fingerprint density at radius 2 is 2.43 bits per heavy atom. The van der Waals surface area contributed by atoms with Crippen LogP contribution in [-0.4, -0.2) is 23.4 Å². The molecule has 2 rings (SSSR count). The van der Waals surface area contributed by atoms with E-state index in [1.54, 1.807) is 6.20 Å². The summed E-state index contributed by atoms with van der Waals surface area (Å²) in [6.45, 7) is 1.83. The molecule has 2 aromatic heterocycles. The van der Waals surface area contributed by atoms with Crippen LogP contribution in [0.15, 0.2) is 6.20 Å². The van der Waals surface area contributed by atoms with Gasteiger partial charge in [-0.3, -0.25) is 0 Å². The van der Waals surface area contributed by atoms with Gasteiger partial charge >= 0.3 is 0 Å². The molecular formula is C7H8N4OS2. The number of aromatic nitrogens is 4. The summed E-state index contributed by atoms with van der Waals surface area (Å²) >= 11 is 2.37. The highest BCUT2D eigenvalue weighted by Gasteiger charge is 2.15. The van der Waals surface area contributed by atoms with Gasteiger partial charge in [0.15, 0.2) is 0 Å². The summed E-state index contributed by atoms with van der Waals surface area (Å²) in [6.07, 6.45) is 1.57. The largest absolute Gasteiger partial charge is 0.387 e. The third-order valence-corrected chi connectivity index (χ3v) is 3.24. The van der Waals surface area contributed by atoms with E-state index in [0.29, 0.717) is 6.42 Å². The Labute approximate surface area is 88.9 Å². The van der Waals surface area contributed by atoms with Gasteiger partial charge in [0.05, 0.1) is 40.3 Å². The lowest BCUT2D eigenvalue weighted by Crippen LogP contribution is -2.01. The van der Waals surface area contributed by atoms with Crippen molar-refractivity contribution in [3.8, 4) is 0 Å². The van der Waals surface area contributed by atoms with Crippen molar-refractivity contribution in [1.29, 1.82) is 0 Å². The highest BCUT2D eigenvalue weighted by atomic mass is 32.1. The fourth-order valence-corrected chi connectivity index (χ4v) is 2.18. The first kappa shape index (κ1) is 9.63. The van der Waals surface area contributed by atoms with E-state index < -0.39 is 6.10 Å². The first-order valence-electron chi connectivity index (χ1n) is 4.00. The van der Waals surface area contributed by atoms with Gasteiger partial charge in [-0.05, 0) is 18.5 Å². The Morgan fingerprint density at radius 3 is 3.00 bits per heavy atom. The lowest BCUT2D eigenvalue weighted by atomic mass is 10.1. The van der Waals surface area contributed by atoms with Crippen LogP contribution in [0, 0.1) is 6.92 Å². The zero-order valence-electron chi connectivity index (χ0n) is 7.41. The van der Waals surface area contributed by atoms with Gasteiger partial charge in [-0.25, -0.2) is 0 Å². The molecule has 0 bridgehead atoms. The molecule has 0 aromatic carbocycles.